The Morgan fingerprint density at radius 3 is 1.94 bits per heavy atom. The summed E-state index contributed by atoms with van der Waals surface area (Å²) in [6, 6.07) is 67.7. The van der Waals surface area contributed by atoms with Crippen molar-refractivity contribution in [2.45, 2.75) is 0 Å². The van der Waals surface area contributed by atoms with Crippen molar-refractivity contribution in [3.05, 3.63) is 188 Å². The van der Waals surface area contributed by atoms with E-state index in [9.17, 15) is 0 Å². The van der Waals surface area contributed by atoms with Crippen LogP contribution >= 0.6 is 11.3 Å². The standard InChI is InChI=1S/C49H31N3S/c1-3-14-32(15-4-1)37-22-13-25-43-47(37)52(35-17-5-2-6-18-35)49(50-43)34-16-11-19-36(30-34)51-44-26-9-7-20-39(44)42-31-33(28-29-45(42)51)38-23-12-24-41-40-21-8-10-27-46(40)53-48(38)41/h1-31H. The van der Waals surface area contributed by atoms with Crippen molar-refractivity contribution in [2.75, 3.05) is 0 Å². The normalized spacial score (nSPS) is 11.8. The highest BCUT2D eigenvalue weighted by atomic mass is 32.1. The van der Waals surface area contributed by atoms with Crippen molar-refractivity contribution in [3.8, 4) is 45.0 Å². The maximum atomic E-state index is 5.33. The summed E-state index contributed by atoms with van der Waals surface area (Å²) in [6.07, 6.45) is 0. The van der Waals surface area contributed by atoms with E-state index < -0.39 is 0 Å². The van der Waals surface area contributed by atoms with Crippen LogP contribution in [-0.2, 0) is 0 Å². The molecule has 0 bridgehead atoms. The molecule has 11 rings (SSSR count). The molecule has 0 spiro atoms. The van der Waals surface area contributed by atoms with Gasteiger partial charge in [0.05, 0.1) is 22.1 Å². The van der Waals surface area contributed by atoms with Crippen LogP contribution in [0, 0.1) is 0 Å². The van der Waals surface area contributed by atoms with Crippen molar-refractivity contribution < 1.29 is 0 Å². The first-order valence-corrected chi connectivity index (χ1v) is 18.8. The zero-order valence-corrected chi connectivity index (χ0v) is 29.5. The molecule has 3 nitrogen and oxygen atoms in total. The molecule has 3 heterocycles. The van der Waals surface area contributed by atoms with Crippen LogP contribution < -0.4 is 0 Å². The van der Waals surface area contributed by atoms with Gasteiger partial charge in [-0.3, -0.25) is 4.57 Å². The van der Waals surface area contributed by atoms with Crippen LogP contribution in [0.1, 0.15) is 0 Å². The van der Waals surface area contributed by atoms with Gasteiger partial charge in [-0.25, -0.2) is 4.98 Å². The van der Waals surface area contributed by atoms with Crippen LogP contribution in [0.4, 0.5) is 0 Å². The molecule has 8 aromatic carbocycles. The number of nitrogens with zero attached hydrogens (tertiary/aromatic N) is 3. The van der Waals surface area contributed by atoms with E-state index in [1.54, 1.807) is 0 Å². The van der Waals surface area contributed by atoms with E-state index in [1.165, 1.54) is 58.7 Å². The second kappa shape index (κ2) is 11.9. The van der Waals surface area contributed by atoms with Crippen molar-refractivity contribution >= 4 is 64.3 Å². The van der Waals surface area contributed by atoms with Gasteiger partial charge in [-0.05, 0) is 71.3 Å². The van der Waals surface area contributed by atoms with E-state index in [-0.39, 0.29) is 0 Å². The number of benzene rings is 8. The topological polar surface area (TPSA) is 22.8 Å². The molecule has 0 amide bonds. The Bertz CT molecular complexity index is 3170. The molecule has 11 aromatic rings. The third-order valence-electron chi connectivity index (χ3n) is 10.5. The van der Waals surface area contributed by atoms with Crippen LogP contribution in [-0.4, -0.2) is 14.1 Å². The molecule has 0 aliphatic carbocycles. The maximum Gasteiger partial charge on any atom is 0.145 e. The number of imidazole rings is 1. The minimum atomic E-state index is 0.913. The monoisotopic (exact) mass is 693 g/mol. The third-order valence-corrected chi connectivity index (χ3v) is 11.7. The van der Waals surface area contributed by atoms with Gasteiger partial charge in [-0.2, -0.15) is 0 Å². The number of thiophene rings is 1. The second-order valence-electron chi connectivity index (χ2n) is 13.6. The molecule has 0 fully saturated rings. The minimum absolute atomic E-state index is 0.913. The van der Waals surface area contributed by atoms with Crippen molar-refractivity contribution in [2.24, 2.45) is 0 Å². The molecule has 3 aromatic heterocycles. The molecule has 0 saturated carbocycles. The predicted octanol–water partition coefficient (Wildman–Crippen LogP) is 13.5. The Morgan fingerprint density at radius 1 is 0.396 bits per heavy atom. The Labute approximate surface area is 310 Å². The zero-order chi connectivity index (χ0) is 34.9. The van der Waals surface area contributed by atoms with Gasteiger partial charge in [0.1, 0.15) is 5.82 Å². The Hall–Kier alpha value is -6.75. The van der Waals surface area contributed by atoms with Gasteiger partial charge in [0, 0.05) is 53.4 Å². The van der Waals surface area contributed by atoms with E-state index in [0.717, 1.165) is 39.4 Å². The summed E-state index contributed by atoms with van der Waals surface area (Å²) in [7, 11) is 0. The van der Waals surface area contributed by atoms with Gasteiger partial charge in [0.25, 0.3) is 0 Å². The van der Waals surface area contributed by atoms with E-state index in [0.29, 0.717) is 0 Å². The zero-order valence-electron chi connectivity index (χ0n) is 28.6. The molecule has 4 heteroatoms. The Kier molecular flexibility index (Phi) is 6.73. The number of rotatable bonds is 5. The maximum absolute atomic E-state index is 5.33. The van der Waals surface area contributed by atoms with E-state index in [2.05, 4.69) is 197 Å². The SMILES string of the molecule is c1ccc(-c2cccc3nc(-c4cccc(-n5c6ccccc6c6cc(-c7cccc8c7sc7ccccc78)ccc65)c4)n(-c4ccccc4)c23)cc1. The first kappa shape index (κ1) is 29.9. The second-order valence-corrected chi connectivity index (χ2v) is 14.6. The predicted molar refractivity (Wildman–Crippen MR) is 225 cm³/mol. The highest BCUT2D eigenvalue weighted by Gasteiger charge is 2.20. The molecule has 0 atom stereocenters. The molecule has 0 radical (unpaired) electrons. The molecule has 0 saturated heterocycles. The lowest BCUT2D eigenvalue weighted by Gasteiger charge is -2.14. The summed E-state index contributed by atoms with van der Waals surface area (Å²) in [5.41, 5.74) is 12.5. The number of para-hydroxylation sites is 3. The molecule has 0 unspecified atom stereocenters. The molecule has 53 heavy (non-hydrogen) atoms. The number of fused-ring (bicyclic) bond motifs is 7. The fraction of sp³-hybridized carbons (Fsp3) is 0. The Morgan fingerprint density at radius 2 is 1.06 bits per heavy atom. The molecule has 0 aliphatic rings. The fourth-order valence-corrected chi connectivity index (χ4v) is 9.41. The van der Waals surface area contributed by atoms with Crippen molar-refractivity contribution in [1.29, 1.82) is 0 Å². The lowest BCUT2D eigenvalue weighted by Crippen LogP contribution is -2.00. The summed E-state index contributed by atoms with van der Waals surface area (Å²) < 4.78 is 7.39. The van der Waals surface area contributed by atoms with Gasteiger partial charge < -0.3 is 4.57 Å². The van der Waals surface area contributed by atoms with Gasteiger partial charge >= 0.3 is 0 Å². The smallest absolute Gasteiger partial charge is 0.145 e. The minimum Gasteiger partial charge on any atom is -0.309 e. The summed E-state index contributed by atoms with van der Waals surface area (Å²) >= 11 is 1.88. The first-order valence-electron chi connectivity index (χ1n) is 18.0. The van der Waals surface area contributed by atoms with Crippen LogP contribution in [0.15, 0.2) is 188 Å². The van der Waals surface area contributed by atoms with Crippen LogP contribution in [0.2, 0.25) is 0 Å². The van der Waals surface area contributed by atoms with Gasteiger partial charge in [-0.1, -0.05) is 133 Å². The third kappa shape index (κ3) is 4.70. The lowest BCUT2D eigenvalue weighted by atomic mass is 10.0. The quantitative estimate of drug-likeness (QED) is 0.176. The van der Waals surface area contributed by atoms with E-state index in [4.69, 9.17) is 4.98 Å². The van der Waals surface area contributed by atoms with Crippen molar-refractivity contribution in [1.82, 2.24) is 14.1 Å². The van der Waals surface area contributed by atoms with Gasteiger partial charge in [0.15, 0.2) is 0 Å². The lowest BCUT2D eigenvalue weighted by molar-refractivity contribution is 1.10. The molecular formula is C49H31N3S. The van der Waals surface area contributed by atoms with Crippen LogP contribution in [0.25, 0.3) is 98.0 Å². The number of hydrogen-bond donors (Lipinski definition) is 0. The van der Waals surface area contributed by atoms with Gasteiger partial charge in [-0.15, -0.1) is 11.3 Å². The number of aromatic nitrogens is 3. The highest BCUT2D eigenvalue weighted by Crippen LogP contribution is 2.42. The largest absolute Gasteiger partial charge is 0.309 e. The molecule has 0 aliphatic heterocycles. The summed E-state index contributed by atoms with van der Waals surface area (Å²) in [5.74, 6) is 0.913. The number of hydrogen-bond acceptors (Lipinski definition) is 2. The summed E-state index contributed by atoms with van der Waals surface area (Å²) in [6.45, 7) is 0. The van der Waals surface area contributed by atoms with Gasteiger partial charge in [0.2, 0.25) is 0 Å². The summed E-state index contributed by atoms with van der Waals surface area (Å²) in [4.78, 5) is 5.33. The molecular weight excluding hydrogens is 663 g/mol. The molecule has 248 valence electrons. The summed E-state index contributed by atoms with van der Waals surface area (Å²) in [5, 5.41) is 5.12. The molecule has 0 N–H and O–H groups in total. The van der Waals surface area contributed by atoms with E-state index in [1.807, 2.05) is 11.3 Å². The van der Waals surface area contributed by atoms with Crippen LogP contribution in [0.3, 0.4) is 0 Å². The average molecular weight is 694 g/mol. The fourth-order valence-electron chi connectivity index (χ4n) is 8.18. The van der Waals surface area contributed by atoms with Crippen LogP contribution in [0.5, 0.6) is 0 Å². The van der Waals surface area contributed by atoms with E-state index >= 15 is 0 Å². The average Bonchev–Trinajstić information content (AvgIpc) is 3.91. The Balaban J connectivity index is 1.11. The van der Waals surface area contributed by atoms with Crippen molar-refractivity contribution in [3.63, 3.8) is 0 Å². The first-order chi connectivity index (χ1) is 26.3. The highest BCUT2D eigenvalue weighted by molar-refractivity contribution is 7.26.